The van der Waals surface area contributed by atoms with Crippen LogP contribution >= 0.6 is 11.6 Å². The molecule has 1 aromatic rings. The van der Waals surface area contributed by atoms with E-state index in [-0.39, 0.29) is 17.5 Å². The highest BCUT2D eigenvalue weighted by Gasteiger charge is 2.23. The standard InChI is InChI=1S/C13H17ClFNO/c1-8-6-10(9-4-3-5-16-7-9)12(15)13(17-2)11(8)14/h6,9,16H,3-5,7H2,1-2H3. The van der Waals surface area contributed by atoms with Gasteiger partial charge in [0.05, 0.1) is 12.1 Å². The number of ether oxygens (including phenoxy) is 1. The number of benzene rings is 1. The Morgan fingerprint density at radius 3 is 2.88 bits per heavy atom. The van der Waals surface area contributed by atoms with E-state index in [1.807, 2.05) is 13.0 Å². The number of methoxy groups -OCH3 is 1. The lowest BCUT2D eigenvalue weighted by molar-refractivity contribution is 0.376. The smallest absolute Gasteiger partial charge is 0.173 e. The highest BCUT2D eigenvalue weighted by Crippen LogP contribution is 2.37. The normalized spacial score (nSPS) is 20.4. The van der Waals surface area contributed by atoms with E-state index in [1.165, 1.54) is 7.11 Å². The molecule has 0 radical (unpaired) electrons. The second-order valence-corrected chi connectivity index (χ2v) is 4.87. The van der Waals surface area contributed by atoms with Crippen molar-refractivity contribution in [1.82, 2.24) is 5.32 Å². The maximum absolute atomic E-state index is 14.3. The molecule has 1 atom stereocenters. The van der Waals surface area contributed by atoms with Crippen molar-refractivity contribution in [2.75, 3.05) is 20.2 Å². The average Bonchev–Trinajstić information content (AvgIpc) is 2.36. The Kier molecular flexibility index (Phi) is 3.89. The van der Waals surface area contributed by atoms with Gasteiger partial charge in [0.1, 0.15) is 0 Å². The summed E-state index contributed by atoms with van der Waals surface area (Å²) in [6.45, 7) is 3.72. The molecule has 17 heavy (non-hydrogen) atoms. The number of hydrogen-bond donors (Lipinski definition) is 1. The molecule has 4 heteroatoms. The molecule has 0 spiro atoms. The number of hydrogen-bond acceptors (Lipinski definition) is 2. The SMILES string of the molecule is COc1c(F)c(C2CCCNC2)cc(C)c1Cl. The van der Waals surface area contributed by atoms with Gasteiger partial charge < -0.3 is 10.1 Å². The van der Waals surface area contributed by atoms with E-state index in [1.54, 1.807) is 0 Å². The Morgan fingerprint density at radius 1 is 1.53 bits per heavy atom. The number of aryl methyl sites for hydroxylation is 1. The molecule has 1 aromatic carbocycles. The van der Waals surface area contributed by atoms with Gasteiger partial charge in [0.15, 0.2) is 11.6 Å². The van der Waals surface area contributed by atoms with Gasteiger partial charge in [0, 0.05) is 6.54 Å². The zero-order chi connectivity index (χ0) is 12.4. The molecule has 1 aliphatic heterocycles. The van der Waals surface area contributed by atoms with E-state index >= 15 is 0 Å². The molecule has 2 rings (SSSR count). The van der Waals surface area contributed by atoms with Crippen molar-refractivity contribution in [3.63, 3.8) is 0 Å². The van der Waals surface area contributed by atoms with E-state index in [0.717, 1.165) is 37.1 Å². The zero-order valence-corrected chi connectivity index (χ0v) is 10.9. The average molecular weight is 258 g/mol. The monoisotopic (exact) mass is 257 g/mol. The minimum atomic E-state index is -0.309. The predicted molar refractivity (Wildman–Crippen MR) is 67.5 cm³/mol. The number of piperidine rings is 1. The van der Waals surface area contributed by atoms with E-state index < -0.39 is 0 Å². The third-order valence-corrected chi connectivity index (χ3v) is 3.78. The van der Waals surface area contributed by atoms with Crippen molar-refractivity contribution in [3.8, 4) is 5.75 Å². The summed E-state index contributed by atoms with van der Waals surface area (Å²) < 4.78 is 19.3. The topological polar surface area (TPSA) is 21.3 Å². The Bertz CT molecular complexity index is 416. The fourth-order valence-electron chi connectivity index (χ4n) is 2.36. The molecule has 94 valence electrons. The lowest BCUT2D eigenvalue weighted by Crippen LogP contribution is -2.29. The first kappa shape index (κ1) is 12.7. The van der Waals surface area contributed by atoms with Crippen LogP contribution < -0.4 is 10.1 Å². The first-order chi connectivity index (χ1) is 8.15. The molecule has 0 aromatic heterocycles. The molecular weight excluding hydrogens is 241 g/mol. The predicted octanol–water partition coefficient (Wildman–Crippen LogP) is 3.26. The third-order valence-electron chi connectivity index (χ3n) is 3.31. The van der Waals surface area contributed by atoms with Crippen molar-refractivity contribution in [2.45, 2.75) is 25.7 Å². The highest BCUT2D eigenvalue weighted by molar-refractivity contribution is 6.32. The minimum absolute atomic E-state index is 0.173. The summed E-state index contributed by atoms with van der Waals surface area (Å²) in [5.41, 5.74) is 1.58. The molecular formula is C13H17ClFNO. The molecule has 0 bridgehead atoms. The Labute approximate surface area is 106 Å². The van der Waals surface area contributed by atoms with Crippen LogP contribution in [0.5, 0.6) is 5.75 Å². The molecule has 1 heterocycles. The van der Waals surface area contributed by atoms with Crippen LogP contribution in [0, 0.1) is 12.7 Å². The molecule has 1 unspecified atom stereocenters. The molecule has 0 aliphatic carbocycles. The second-order valence-electron chi connectivity index (χ2n) is 4.49. The van der Waals surface area contributed by atoms with Crippen LogP contribution in [-0.2, 0) is 0 Å². The van der Waals surface area contributed by atoms with Crippen molar-refractivity contribution in [3.05, 3.63) is 28.0 Å². The van der Waals surface area contributed by atoms with Gasteiger partial charge in [0.25, 0.3) is 0 Å². The van der Waals surface area contributed by atoms with Crippen molar-refractivity contribution in [1.29, 1.82) is 0 Å². The number of rotatable bonds is 2. The van der Waals surface area contributed by atoms with E-state index in [2.05, 4.69) is 5.32 Å². The van der Waals surface area contributed by atoms with Gasteiger partial charge >= 0.3 is 0 Å². The van der Waals surface area contributed by atoms with Crippen molar-refractivity contribution >= 4 is 11.6 Å². The van der Waals surface area contributed by atoms with Gasteiger partial charge in [-0.05, 0) is 43.4 Å². The van der Waals surface area contributed by atoms with Gasteiger partial charge in [-0.3, -0.25) is 0 Å². The van der Waals surface area contributed by atoms with Gasteiger partial charge in [-0.2, -0.15) is 0 Å². The molecule has 1 N–H and O–H groups in total. The summed E-state index contributed by atoms with van der Waals surface area (Å²) in [4.78, 5) is 0. The summed E-state index contributed by atoms with van der Waals surface area (Å²) in [5, 5.41) is 3.66. The third kappa shape index (κ3) is 2.40. The summed E-state index contributed by atoms with van der Waals surface area (Å²) in [6.07, 6.45) is 2.09. The van der Waals surface area contributed by atoms with Gasteiger partial charge in [0.2, 0.25) is 0 Å². The molecule has 0 amide bonds. The quantitative estimate of drug-likeness (QED) is 0.878. The highest BCUT2D eigenvalue weighted by atomic mass is 35.5. The molecule has 0 saturated carbocycles. The number of halogens is 2. The van der Waals surface area contributed by atoms with Crippen LogP contribution in [-0.4, -0.2) is 20.2 Å². The van der Waals surface area contributed by atoms with Crippen LogP contribution in [0.4, 0.5) is 4.39 Å². The first-order valence-corrected chi connectivity index (χ1v) is 6.26. The Balaban J connectivity index is 2.42. The summed E-state index contributed by atoms with van der Waals surface area (Å²) in [5.74, 6) is 0.0812. The second kappa shape index (κ2) is 5.23. The molecule has 1 saturated heterocycles. The van der Waals surface area contributed by atoms with E-state index in [9.17, 15) is 4.39 Å². The van der Waals surface area contributed by atoms with Gasteiger partial charge in [-0.15, -0.1) is 0 Å². The van der Waals surface area contributed by atoms with Gasteiger partial charge in [-0.25, -0.2) is 4.39 Å². The molecule has 1 fully saturated rings. The summed E-state index contributed by atoms with van der Waals surface area (Å²) in [7, 11) is 1.45. The van der Waals surface area contributed by atoms with Crippen LogP contribution in [0.15, 0.2) is 6.07 Å². The fraction of sp³-hybridized carbons (Fsp3) is 0.538. The molecule has 2 nitrogen and oxygen atoms in total. The maximum atomic E-state index is 14.3. The molecule has 1 aliphatic rings. The van der Waals surface area contributed by atoms with Gasteiger partial charge in [-0.1, -0.05) is 17.7 Å². The Hall–Kier alpha value is -0.800. The summed E-state index contributed by atoms with van der Waals surface area (Å²) in [6, 6.07) is 1.85. The van der Waals surface area contributed by atoms with Crippen LogP contribution in [0.1, 0.15) is 29.9 Å². The lowest BCUT2D eigenvalue weighted by atomic mass is 9.90. The maximum Gasteiger partial charge on any atom is 0.173 e. The largest absolute Gasteiger partial charge is 0.492 e. The van der Waals surface area contributed by atoms with Crippen LogP contribution in [0.2, 0.25) is 5.02 Å². The van der Waals surface area contributed by atoms with Crippen molar-refractivity contribution < 1.29 is 9.13 Å². The zero-order valence-electron chi connectivity index (χ0n) is 10.1. The minimum Gasteiger partial charge on any atom is -0.492 e. The van der Waals surface area contributed by atoms with Crippen LogP contribution in [0.3, 0.4) is 0 Å². The van der Waals surface area contributed by atoms with Crippen LogP contribution in [0.25, 0.3) is 0 Å². The Morgan fingerprint density at radius 2 is 2.29 bits per heavy atom. The fourth-order valence-corrected chi connectivity index (χ4v) is 2.57. The first-order valence-electron chi connectivity index (χ1n) is 5.88. The van der Waals surface area contributed by atoms with E-state index in [0.29, 0.717) is 5.02 Å². The van der Waals surface area contributed by atoms with Crippen molar-refractivity contribution in [2.24, 2.45) is 0 Å². The lowest BCUT2D eigenvalue weighted by Gasteiger charge is -2.24. The summed E-state index contributed by atoms with van der Waals surface area (Å²) >= 11 is 6.03. The number of nitrogens with one attached hydrogen (secondary N) is 1. The van der Waals surface area contributed by atoms with E-state index in [4.69, 9.17) is 16.3 Å².